The predicted molar refractivity (Wildman–Crippen MR) is 66.1 cm³/mol. The number of rotatable bonds is 4. The summed E-state index contributed by atoms with van der Waals surface area (Å²) in [6.07, 6.45) is -3.58. The number of alkyl halides is 3. The minimum Gasteiger partial charge on any atom is -0.371 e. The first-order chi connectivity index (χ1) is 9.62. The highest BCUT2D eigenvalue weighted by atomic mass is 19.4. The van der Waals surface area contributed by atoms with Gasteiger partial charge in [-0.2, -0.15) is 13.2 Å². The Labute approximate surface area is 116 Å². The first-order valence-electron chi connectivity index (χ1n) is 5.93. The summed E-state index contributed by atoms with van der Waals surface area (Å²) >= 11 is 0. The number of anilines is 1. The molecule has 10 heteroatoms. The topological polar surface area (TPSA) is 98.3 Å². The van der Waals surface area contributed by atoms with Crippen molar-refractivity contribution in [1.29, 1.82) is 0 Å². The van der Waals surface area contributed by atoms with Crippen molar-refractivity contribution in [1.82, 2.24) is 0 Å². The molecule has 7 nitrogen and oxygen atoms in total. The Kier molecular flexibility index (Phi) is 3.47. The van der Waals surface area contributed by atoms with Gasteiger partial charge in [-0.1, -0.05) is 0 Å². The van der Waals surface area contributed by atoms with Gasteiger partial charge in [0, 0.05) is 17.7 Å². The fraction of sp³-hybridized carbons (Fsp3) is 0.455. The molecule has 0 bridgehead atoms. The molecule has 1 aromatic carbocycles. The molecular weight excluding hydrogens is 295 g/mol. The van der Waals surface area contributed by atoms with Crippen LogP contribution in [-0.4, -0.2) is 15.9 Å². The van der Waals surface area contributed by atoms with Gasteiger partial charge in [-0.25, -0.2) is 0 Å². The monoisotopic (exact) mass is 305 g/mol. The lowest BCUT2D eigenvalue weighted by Crippen LogP contribution is -2.14. The van der Waals surface area contributed by atoms with Crippen molar-refractivity contribution in [2.75, 3.05) is 5.32 Å². The van der Waals surface area contributed by atoms with Crippen LogP contribution in [0.1, 0.15) is 24.0 Å². The summed E-state index contributed by atoms with van der Waals surface area (Å²) in [5.41, 5.74) is -4.31. The van der Waals surface area contributed by atoms with Gasteiger partial charge in [0.25, 0.3) is 5.69 Å². The normalized spacial score (nSPS) is 14.9. The zero-order valence-corrected chi connectivity index (χ0v) is 10.7. The summed E-state index contributed by atoms with van der Waals surface area (Å²) in [6, 6.07) is 0.158. The van der Waals surface area contributed by atoms with Gasteiger partial charge in [0.05, 0.1) is 15.4 Å². The second-order valence-electron chi connectivity index (χ2n) is 4.72. The molecule has 1 N–H and O–H groups in total. The molecule has 0 aliphatic heterocycles. The quantitative estimate of drug-likeness (QED) is 0.679. The van der Waals surface area contributed by atoms with Crippen LogP contribution in [-0.2, 0) is 6.18 Å². The van der Waals surface area contributed by atoms with E-state index in [0.717, 1.165) is 6.92 Å². The van der Waals surface area contributed by atoms with Gasteiger partial charge in [-0.15, -0.1) is 0 Å². The molecule has 1 fully saturated rings. The van der Waals surface area contributed by atoms with E-state index in [9.17, 15) is 33.4 Å². The highest BCUT2D eigenvalue weighted by Gasteiger charge is 2.41. The van der Waals surface area contributed by atoms with Gasteiger partial charge >= 0.3 is 11.9 Å². The molecule has 114 valence electrons. The van der Waals surface area contributed by atoms with Crippen LogP contribution in [0.5, 0.6) is 0 Å². The molecule has 0 spiro atoms. The molecule has 0 radical (unpaired) electrons. The van der Waals surface area contributed by atoms with Crippen LogP contribution in [0.3, 0.4) is 0 Å². The van der Waals surface area contributed by atoms with E-state index in [4.69, 9.17) is 0 Å². The predicted octanol–water partition coefficient (Wildman–Crippen LogP) is 3.40. The molecule has 0 saturated heterocycles. The van der Waals surface area contributed by atoms with E-state index in [1.807, 2.05) is 0 Å². The Bertz CT molecular complexity index is 626. The molecule has 0 aromatic heterocycles. The third-order valence-electron chi connectivity index (χ3n) is 3.14. The van der Waals surface area contributed by atoms with Crippen LogP contribution in [0.25, 0.3) is 0 Å². The molecule has 0 unspecified atom stereocenters. The third kappa shape index (κ3) is 2.88. The molecule has 21 heavy (non-hydrogen) atoms. The Morgan fingerprint density at radius 3 is 2.19 bits per heavy atom. The minimum atomic E-state index is -4.91. The van der Waals surface area contributed by atoms with E-state index in [0.29, 0.717) is 18.9 Å². The van der Waals surface area contributed by atoms with Crippen LogP contribution in [0.15, 0.2) is 6.07 Å². The van der Waals surface area contributed by atoms with Gasteiger partial charge in [0.1, 0.15) is 0 Å². The van der Waals surface area contributed by atoms with Crippen molar-refractivity contribution < 1.29 is 23.0 Å². The number of hydrogen-bond donors (Lipinski definition) is 1. The Morgan fingerprint density at radius 2 is 1.81 bits per heavy atom. The number of nitro benzene ring substituents is 2. The average molecular weight is 305 g/mol. The summed E-state index contributed by atoms with van der Waals surface area (Å²) in [5, 5.41) is 24.6. The lowest BCUT2D eigenvalue weighted by Gasteiger charge is -2.14. The number of hydrogen-bond acceptors (Lipinski definition) is 5. The highest BCUT2D eigenvalue weighted by molar-refractivity contribution is 5.78. The second-order valence-corrected chi connectivity index (χ2v) is 4.72. The van der Waals surface area contributed by atoms with Crippen molar-refractivity contribution in [2.45, 2.75) is 32.0 Å². The van der Waals surface area contributed by atoms with Gasteiger partial charge < -0.3 is 5.32 Å². The summed E-state index contributed by atoms with van der Waals surface area (Å²) in [4.78, 5) is 20.0. The standard InChI is InChI=1S/C11H10F3N3O4/c1-5-7(11(12,13)14)4-8(16(18)19)9(10(5)17(20)21)15-6-2-3-6/h4,6,15H,2-3H2,1H3. The van der Waals surface area contributed by atoms with Gasteiger partial charge in [-0.3, -0.25) is 20.2 Å². The van der Waals surface area contributed by atoms with E-state index in [2.05, 4.69) is 5.32 Å². The smallest absolute Gasteiger partial charge is 0.371 e. The number of nitrogens with one attached hydrogen (secondary N) is 1. The summed E-state index contributed by atoms with van der Waals surface area (Å²) in [5.74, 6) is 0. The molecule has 1 aromatic rings. The number of nitro groups is 2. The number of nitrogens with zero attached hydrogens (tertiary/aromatic N) is 2. The van der Waals surface area contributed by atoms with E-state index < -0.39 is 44.2 Å². The Hall–Kier alpha value is -2.39. The average Bonchev–Trinajstić information content (AvgIpc) is 3.10. The van der Waals surface area contributed by atoms with Crippen LogP contribution in [0, 0.1) is 27.2 Å². The van der Waals surface area contributed by atoms with Crippen LogP contribution < -0.4 is 5.32 Å². The molecule has 0 heterocycles. The second kappa shape index (κ2) is 4.86. The van der Waals surface area contributed by atoms with Crippen LogP contribution in [0.4, 0.5) is 30.2 Å². The molecule has 0 atom stereocenters. The van der Waals surface area contributed by atoms with Crippen molar-refractivity contribution in [2.24, 2.45) is 0 Å². The molecule has 1 saturated carbocycles. The SMILES string of the molecule is Cc1c(C(F)(F)F)cc([N+](=O)[O-])c(NC2CC2)c1[N+](=O)[O-]. The molecule has 1 aliphatic rings. The zero-order chi connectivity index (χ0) is 15.9. The Morgan fingerprint density at radius 1 is 1.24 bits per heavy atom. The maximum Gasteiger partial charge on any atom is 0.417 e. The van der Waals surface area contributed by atoms with Gasteiger partial charge in [-0.05, 0) is 19.8 Å². The van der Waals surface area contributed by atoms with Crippen LogP contribution >= 0.6 is 0 Å². The fourth-order valence-electron chi connectivity index (χ4n) is 1.99. The van der Waals surface area contributed by atoms with Crippen molar-refractivity contribution >= 4 is 17.1 Å². The largest absolute Gasteiger partial charge is 0.417 e. The zero-order valence-electron chi connectivity index (χ0n) is 10.7. The van der Waals surface area contributed by atoms with Crippen molar-refractivity contribution in [3.63, 3.8) is 0 Å². The summed E-state index contributed by atoms with van der Waals surface area (Å²) < 4.78 is 38.6. The lowest BCUT2D eigenvalue weighted by atomic mass is 10.0. The first-order valence-corrected chi connectivity index (χ1v) is 5.93. The molecule has 0 amide bonds. The first kappa shape index (κ1) is 15.0. The summed E-state index contributed by atoms with van der Waals surface area (Å²) in [7, 11) is 0. The maximum absolute atomic E-state index is 12.9. The van der Waals surface area contributed by atoms with Crippen molar-refractivity contribution in [3.8, 4) is 0 Å². The van der Waals surface area contributed by atoms with E-state index in [1.165, 1.54) is 0 Å². The molecular formula is C11H10F3N3O4. The number of benzene rings is 1. The van der Waals surface area contributed by atoms with E-state index in [1.54, 1.807) is 0 Å². The summed E-state index contributed by atoms with van der Waals surface area (Å²) in [6.45, 7) is 0.933. The van der Waals surface area contributed by atoms with E-state index >= 15 is 0 Å². The fourth-order valence-corrected chi connectivity index (χ4v) is 1.99. The lowest BCUT2D eigenvalue weighted by molar-refractivity contribution is -0.393. The van der Waals surface area contributed by atoms with Gasteiger partial charge in [0.2, 0.25) is 0 Å². The van der Waals surface area contributed by atoms with Crippen LogP contribution in [0.2, 0.25) is 0 Å². The maximum atomic E-state index is 12.9. The van der Waals surface area contributed by atoms with Gasteiger partial charge in [0.15, 0.2) is 5.69 Å². The number of halogens is 3. The highest BCUT2D eigenvalue weighted by Crippen LogP contribution is 2.45. The molecule has 2 rings (SSSR count). The Balaban J connectivity index is 2.75. The minimum absolute atomic E-state index is 0.182. The van der Waals surface area contributed by atoms with Crippen molar-refractivity contribution in [3.05, 3.63) is 37.4 Å². The molecule has 1 aliphatic carbocycles. The third-order valence-corrected chi connectivity index (χ3v) is 3.14. The van der Waals surface area contributed by atoms with E-state index in [-0.39, 0.29) is 6.04 Å².